The zero-order valence-corrected chi connectivity index (χ0v) is 15.4. The molecule has 0 saturated carbocycles. The molecule has 0 aliphatic carbocycles. The fourth-order valence-electron chi connectivity index (χ4n) is 2.10. The lowest BCUT2D eigenvalue weighted by Gasteiger charge is -2.49. The maximum Gasteiger partial charge on any atom is 0.457 e. The first-order chi connectivity index (χ1) is 15.5. The Balaban J connectivity index is 8.21. The molecular formula is C11F24O2. The van der Waals surface area contributed by atoms with E-state index < -0.39 is 66.0 Å². The molecule has 0 bridgehead atoms. The normalized spacial score (nSPS) is 16.9. The van der Waals surface area contributed by atoms with Gasteiger partial charge in [-0.05, 0) is 0 Å². The van der Waals surface area contributed by atoms with E-state index in [0.717, 1.165) is 9.78 Å². The lowest BCUT2D eigenvalue weighted by Crippen LogP contribution is -2.82. The van der Waals surface area contributed by atoms with Crippen molar-refractivity contribution >= 4 is 0 Å². The van der Waals surface area contributed by atoms with Crippen molar-refractivity contribution in [3.63, 3.8) is 0 Å². The Kier molecular flexibility index (Phi) is 8.21. The van der Waals surface area contributed by atoms with E-state index in [1.165, 1.54) is 0 Å². The molecular weight excluding hydrogens is 620 g/mol. The van der Waals surface area contributed by atoms with Gasteiger partial charge >= 0.3 is 66.0 Å². The minimum atomic E-state index is -9.55. The van der Waals surface area contributed by atoms with Gasteiger partial charge in [0.2, 0.25) is 0 Å². The highest BCUT2D eigenvalue weighted by Crippen LogP contribution is 2.66. The first kappa shape index (κ1) is 35.2. The Morgan fingerprint density at radius 2 is 0.378 bits per heavy atom. The SMILES string of the molecule is FC(F)(F)C(F)(F)C(OOC(C(F)(F)F)(C(F)(F)F)C(F)(F)F)(C(F)(F)C(F)(F)F)C(F)(F)C(F)(F)F. The van der Waals surface area contributed by atoms with Crippen molar-refractivity contribution in [2.45, 2.75) is 66.0 Å². The van der Waals surface area contributed by atoms with E-state index in [1.807, 2.05) is 0 Å². The lowest BCUT2D eigenvalue weighted by atomic mass is 9.80. The van der Waals surface area contributed by atoms with E-state index in [4.69, 9.17) is 0 Å². The van der Waals surface area contributed by atoms with Crippen LogP contribution < -0.4 is 0 Å². The monoisotopic (exact) mass is 620 g/mol. The summed E-state index contributed by atoms with van der Waals surface area (Å²) in [6.07, 6.45) is -51.6. The molecule has 0 aromatic carbocycles. The number of hydrogen-bond acceptors (Lipinski definition) is 2. The highest BCUT2D eigenvalue weighted by molar-refractivity contribution is 5.19. The smallest absolute Gasteiger partial charge is 0.208 e. The molecule has 224 valence electrons. The second-order valence-electron chi connectivity index (χ2n) is 6.24. The second-order valence-corrected chi connectivity index (χ2v) is 6.24. The largest absolute Gasteiger partial charge is 0.457 e. The van der Waals surface area contributed by atoms with Crippen molar-refractivity contribution in [3.05, 3.63) is 0 Å². The zero-order chi connectivity index (χ0) is 30.9. The molecule has 0 radical (unpaired) electrons. The van der Waals surface area contributed by atoms with Crippen LogP contribution in [0.25, 0.3) is 0 Å². The molecule has 2 nitrogen and oxygen atoms in total. The van der Waals surface area contributed by atoms with E-state index in [0.29, 0.717) is 0 Å². The maximum atomic E-state index is 13.6. The Labute approximate surface area is 183 Å². The van der Waals surface area contributed by atoms with Gasteiger partial charge in [0.25, 0.3) is 0 Å². The second kappa shape index (κ2) is 8.62. The van der Waals surface area contributed by atoms with E-state index in [9.17, 15) is 105 Å². The first-order valence-corrected chi connectivity index (χ1v) is 7.36. The van der Waals surface area contributed by atoms with Crippen molar-refractivity contribution in [1.82, 2.24) is 0 Å². The van der Waals surface area contributed by atoms with Crippen LogP contribution >= 0.6 is 0 Å². The molecule has 0 aliphatic heterocycles. The van der Waals surface area contributed by atoms with Crippen LogP contribution in [-0.4, -0.2) is 66.0 Å². The summed E-state index contributed by atoms with van der Waals surface area (Å²) in [7, 11) is 0. The molecule has 0 saturated heterocycles. The third kappa shape index (κ3) is 4.79. The molecule has 0 aliphatic rings. The average Bonchev–Trinajstić information content (AvgIpc) is 2.50. The Morgan fingerprint density at radius 1 is 0.216 bits per heavy atom. The standard InChI is InChI=1S/C11F24O2/c12-3(13,9(27,28)29)1(4(14,15)10(30,31)32,5(16,17)11(33,34)35)36-37-2(6(18,19)20,7(21,22)23)8(24,25)26. The Morgan fingerprint density at radius 3 is 0.514 bits per heavy atom. The molecule has 0 spiro atoms. The fourth-order valence-corrected chi connectivity index (χ4v) is 2.10. The number of hydrogen-bond donors (Lipinski definition) is 0. The molecule has 0 N–H and O–H groups in total. The summed E-state index contributed by atoms with van der Waals surface area (Å²) in [5.74, 6) is -27.9. The van der Waals surface area contributed by atoms with Gasteiger partial charge in [0.05, 0.1) is 0 Å². The highest BCUT2D eigenvalue weighted by atomic mass is 19.5. The van der Waals surface area contributed by atoms with Crippen LogP contribution in [0.15, 0.2) is 0 Å². The Hall–Kier alpha value is -1.76. The van der Waals surface area contributed by atoms with Gasteiger partial charge in [-0.25, -0.2) is 4.89 Å². The van der Waals surface area contributed by atoms with Crippen molar-refractivity contribution in [2.24, 2.45) is 0 Å². The van der Waals surface area contributed by atoms with Gasteiger partial charge in [0, 0.05) is 0 Å². The molecule has 0 unspecified atom stereocenters. The van der Waals surface area contributed by atoms with Crippen molar-refractivity contribution < 1.29 is 115 Å². The molecule has 0 heterocycles. The summed E-state index contributed by atoms with van der Waals surface area (Å²) in [5.41, 5.74) is -18.2. The van der Waals surface area contributed by atoms with Crippen LogP contribution in [-0.2, 0) is 9.78 Å². The molecule has 0 atom stereocenters. The summed E-state index contributed by atoms with van der Waals surface area (Å²) in [6.45, 7) is 0. The summed E-state index contributed by atoms with van der Waals surface area (Å²) in [4.78, 5) is 2.00. The predicted molar refractivity (Wildman–Crippen MR) is 58.8 cm³/mol. The van der Waals surface area contributed by atoms with Crippen molar-refractivity contribution in [1.29, 1.82) is 0 Å². The van der Waals surface area contributed by atoms with Gasteiger partial charge in [-0.2, -0.15) is 110 Å². The van der Waals surface area contributed by atoms with Crippen LogP contribution in [0, 0.1) is 0 Å². The molecule has 0 aromatic rings. The van der Waals surface area contributed by atoms with Gasteiger partial charge in [-0.1, -0.05) is 0 Å². The number of alkyl halides is 24. The summed E-state index contributed by atoms with van der Waals surface area (Å²) in [5, 5.41) is 0. The van der Waals surface area contributed by atoms with Crippen LogP contribution in [0.5, 0.6) is 0 Å². The third-order valence-corrected chi connectivity index (χ3v) is 3.88. The van der Waals surface area contributed by atoms with E-state index >= 15 is 0 Å². The maximum absolute atomic E-state index is 13.6. The summed E-state index contributed by atoms with van der Waals surface area (Å²) >= 11 is 0. The minimum absolute atomic E-state index is 0.979. The third-order valence-electron chi connectivity index (χ3n) is 3.88. The molecule has 0 fully saturated rings. The van der Waals surface area contributed by atoms with Crippen LogP contribution in [0.3, 0.4) is 0 Å². The molecule has 0 aromatic heterocycles. The number of rotatable bonds is 6. The quantitative estimate of drug-likeness (QED) is 0.172. The van der Waals surface area contributed by atoms with Crippen LogP contribution in [0.1, 0.15) is 0 Å². The van der Waals surface area contributed by atoms with Gasteiger partial charge < -0.3 is 0 Å². The molecule has 26 heteroatoms. The van der Waals surface area contributed by atoms with Crippen LogP contribution in [0.2, 0.25) is 0 Å². The average molecular weight is 620 g/mol. The minimum Gasteiger partial charge on any atom is -0.208 e. The topological polar surface area (TPSA) is 18.5 Å². The molecule has 37 heavy (non-hydrogen) atoms. The zero-order valence-electron chi connectivity index (χ0n) is 15.4. The molecule has 0 amide bonds. The summed E-state index contributed by atoms with van der Waals surface area (Å²) < 4.78 is 309. The first-order valence-electron chi connectivity index (χ1n) is 7.36. The van der Waals surface area contributed by atoms with Crippen molar-refractivity contribution in [3.8, 4) is 0 Å². The number of halogens is 24. The van der Waals surface area contributed by atoms with E-state index in [1.54, 1.807) is 0 Å². The van der Waals surface area contributed by atoms with E-state index in [2.05, 4.69) is 0 Å². The molecule has 0 rings (SSSR count). The van der Waals surface area contributed by atoms with Gasteiger partial charge in [-0.3, -0.25) is 0 Å². The lowest BCUT2D eigenvalue weighted by molar-refractivity contribution is -0.609. The van der Waals surface area contributed by atoms with Crippen molar-refractivity contribution in [2.75, 3.05) is 0 Å². The predicted octanol–water partition coefficient (Wildman–Crippen LogP) is 7.69. The van der Waals surface area contributed by atoms with Crippen LogP contribution in [0.4, 0.5) is 105 Å². The summed E-state index contributed by atoms with van der Waals surface area (Å²) in [6, 6.07) is 0. The van der Waals surface area contributed by atoms with Gasteiger partial charge in [0.1, 0.15) is 0 Å². The van der Waals surface area contributed by atoms with Gasteiger partial charge in [-0.15, -0.1) is 0 Å². The Bertz CT molecular complexity index is 697. The fraction of sp³-hybridized carbons (Fsp3) is 1.00. The highest BCUT2D eigenvalue weighted by Gasteiger charge is 2.99. The van der Waals surface area contributed by atoms with Gasteiger partial charge in [0.15, 0.2) is 0 Å². The van der Waals surface area contributed by atoms with E-state index in [-0.39, 0.29) is 0 Å².